The highest BCUT2D eigenvalue weighted by Crippen LogP contribution is 2.29. The molecule has 0 saturated carbocycles. The Bertz CT molecular complexity index is 1330. The van der Waals surface area contributed by atoms with E-state index >= 15 is 0 Å². The van der Waals surface area contributed by atoms with Gasteiger partial charge in [-0.2, -0.15) is 0 Å². The molecule has 4 rings (SSSR count). The summed E-state index contributed by atoms with van der Waals surface area (Å²) in [7, 11) is 1.69. The minimum atomic E-state index is -0.473. The Labute approximate surface area is 205 Å². The molecule has 0 bridgehead atoms. The van der Waals surface area contributed by atoms with E-state index in [9.17, 15) is 4.79 Å². The van der Waals surface area contributed by atoms with Crippen LogP contribution in [-0.2, 0) is 30.5 Å². The van der Waals surface area contributed by atoms with Gasteiger partial charge in [-0.05, 0) is 49.3 Å². The van der Waals surface area contributed by atoms with Crippen molar-refractivity contribution in [3.63, 3.8) is 0 Å². The lowest BCUT2D eigenvalue weighted by molar-refractivity contribution is 0.0994. The molecule has 0 saturated heterocycles. The number of primary amides is 1. The van der Waals surface area contributed by atoms with Gasteiger partial charge in [0.2, 0.25) is 0 Å². The lowest BCUT2D eigenvalue weighted by Gasteiger charge is -2.12. The number of unbranched alkanes of at least 4 members (excludes halogenated alkanes) is 2. The third-order valence-corrected chi connectivity index (χ3v) is 6.37. The number of methoxy groups -OCH3 is 1. The van der Waals surface area contributed by atoms with Crippen LogP contribution in [0.15, 0.2) is 36.5 Å². The summed E-state index contributed by atoms with van der Waals surface area (Å²) in [4.78, 5) is 25.7. The Morgan fingerprint density at radius 3 is 2.69 bits per heavy atom. The lowest BCUT2D eigenvalue weighted by atomic mass is 10.0. The Hall–Kier alpha value is -3.52. The largest absolute Gasteiger partial charge is 0.384 e. The summed E-state index contributed by atoms with van der Waals surface area (Å²) in [6.07, 6.45) is 8.18. The number of hydrogen-bond donors (Lipinski definition) is 2. The molecule has 0 aliphatic rings. The molecule has 0 spiro atoms. The van der Waals surface area contributed by atoms with E-state index < -0.39 is 5.91 Å². The SMILES string of the molecule is CCCCc1cnc(C(N)=O)c(CCCCn2c(CCOC)nc3c(N)nc4ccccc4c32)c1. The summed E-state index contributed by atoms with van der Waals surface area (Å²) in [5, 5.41) is 1.04. The van der Waals surface area contributed by atoms with Crippen molar-refractivity contribution in [1.82, 2.24) is 19.5 Å². The van der Waals surface area contributed by atoms with Gasteiger partial charge in [0.15, 0.2) is 5.82 Å². The third-order valence-electron chi connectivity index (χ3n) is 6.37. The normalized spacial score (nSPS) is 11.5. The fraction of sp³-hybridized carbons (Fsp3) is 0.407. The number of imidazole rings is 1. The molecule has 3 aromatic heterocycles. The standard InChI is InChI=1S/C27H34N6O2/c1-3-4-9-18-16-19(23(27(29)34)30-17-18)10-7-8-14-33-22(13-15-35-2)32-24-25(33)20-11-5-6-12-21(20)31-26(24)28/h5-6,11-12,16-17H,3-4,7-10,13-15H2,1-2H3,(H2,28,31)(H2,29,34). The molecular weight excluding hydrogens is 440 g/mol. The predicted octanol–water partition coefficient (Wildman–Crippen LogP) is 4.22. The number of nitrogens with two attached hydrogens (primary N) is 2. The maximum atomic E-state index is 11.9. The Morgan fingerprint density at radius 2 is 1.91 bits per heavy atom. The number of benzene rings is 1. The van der Waals surface area contributed by atoms with Gasteiger partial charge in [-0.15, -0.1) is 0 Å². The number of anilines is 1. The number of amides is 1. The topological polar surface area (TPSA) is 122 Å². The fourth-order valence-electron chi connectivity index (χ4n) is 4.61. The number of carbonyl (C=O) groups is 1. The number of para-hydroxylation sites is 1. The van der Waals surface area contributed by atoms with Crippen LogP contribution in [0.4, 0.5) is 5.82 Å². The van der Waals surface area contributed by atoms with Gasteiger partial charge in [0.1, 0.15) is 17.0 Å². The number of ether oxygens (including phenoxy) is 1. The highest BCUT2D eigenvalue weighted by molar-refractivity contribution is 6.06. The van der Waals surface area contributed by atoms with Crippen LogP contribution in [0, 0.1) is 0 Å². The van der Waals surface area contributed by atoms with Crippen LogP contribution in [0.1, 0.15) is 60.0 Å². The lowest BCUT2D eigenvalue weighted by Crippen LogP contribution is -2.16. The average molecular weight is 475 g/mol. The van der Waals surface area contributed by atoms with E-state index in [4.69, 9.17) is 21.2 Å². The van der Waals surface area contributed by atoms with Crippen LogP contribution in [-0.4, -0.2) is 39.1 Å². The quantitative estimate of drug-likeness (QED) is 0.297. The van der Waals surface area contributed by atoms with Gasteiger partial charge < -0.3 is 20.8 Å². The fourth-order valence-corrected chi connectivity index (χ4v) is 4.61. The van der Waals surface area contributed by atoms with Crippen molar-refractivity contribution in [1.29, 1.82) is 0 Å². The second kappa shape index (κ2) is 11.3. The smallest absolute Gasteiger partial charge is 0.267 e. The molecular formula is C27H34N6O2. The predicted molar refractivity (Wildman–Crippen MR) is 139 cm³/mol. The summed E-state index contributed by atoms with van der Waals surface area (Å²) in [6.45, 7) is 3.52. The molecule has 8 nitrogen and oxygen atoms in total. The van der Waals surface area contributed by atoms with E-state index in [0.29, 0.717) is 24.5 Å². The molecule has 184 valence electrons. The summed E-state index contributed by atoms with van der Waals surface area (Å²) in [6, 6.07) is 10.1. The Kier molecular flexibility index (Phi) is 7.92. The molecule has 0 atom stereocenters. The van der Waals surface area contributed by atoms with Gasteiger partial charge >= 0.3 is 0 Å². The monoisotopic (exact) mass is 474 g/mol. The summed E-state index contributed by atoms with van der Waals surface area (Å²) >= 11 is 0. The van der Waals surface area contributed by atoms with Crippen molar-refractivity contribution in [2.75, 3.05) is 19.5 Å². The molecule has 0 unspecified atom stereocenters. The van der Waals surface area contributed by atoms with E-state index in [1.54, 1.807) is 13.3 Å². The molecule has 0 radical (unpaired) electrons. The van der Waals surface area contributed by atoms with Crippen LogP contribution in [0.3, 0.4) is 0 Å². The molecule has 0 aliphatic carbocycles. The molecule has 35 heavy (non-hydrogen) atoms. The van der Waals surface area contributed by atoms with Crippen molar-refractivity contribution in [3.8, 4) is 0 Å². The van der Waals surface area contributed by atoms with Crippen LogP contribution >= 0.6 is 0 Å². The summed E-state index contributed by atoms with van der Waals surface area (Å²) in [5.41, 5.74) is 17.0. The molecule has 8 heteroatoms. The molecule has 1 aromatic carbocycles. The molecule has 3 heterocycles. The van der Waals surface area contributed by atoms with Gasteiger partial charge in [0.05, 0.1) is 17.6 Å². The van der Waals surface area contributed by atoms with E-state index in [1.807, 2.05) is 18.2 Å². The van der Waals surface area contributed by atoms with Gasteiger partial charge in [-0.25, -0.2) is 9.97 Å². The zero-order valence-corrected chi connectivity index (χ0v) is 20.6. The van der Waals surface area contributed by atoms with Crippen LogP contribution in [0.2, 0.25) is 0 Å². The number of fused-ring (bicyclic) bond motifs is 3. The van der Waals surface area contributed by atoms with E-state index in [2.05, 4.69) is 33.6 Å². The third kappa shape index (κ3) is 5.43. The Morgan fingerprint density at radius 1 is 1.09 bits per heavy atom. The minimum absolute atomic E-state index is 0.379. The maximum absolute atomic E-state index is 11.9. The van der Waals surface area contributed by atoms with Crippen LogP contribution in [0.25, 0.3) is 21.9 Å². The average Bonchev–Trinajstić information content (AvgIpc) is 3.23. The first-order valence-electron chi connectivity index (χ1n) is 12.3. The second-order valence-electron chi connectivity index (χ2n) is 8.91. The maximum Gasteiger partial charge on any atom is 0.267 e. The second-order valence-corrected chi connectivity index (χ2v) is 8.91. The van der Waals surface area contributed by atoms with Crippen molar-refractivity contribution in [2.24, 2.45) is 5.73 Å². The van der Waals surface area contributed by atoms with Crippen molar-refractivity contribution in [2.45, 2.75) is 58.4 Å². The van der Waals surface area contributed by atoms with E-state index in [0.717, 1.165) is 84.0 Å². The molecule has 1 amide bonds. The van der Waals surface area contributed by atoms with Crippen molar-refractivity contribution >= 4 is 33.7 Å². The van der Waals surface area contributed by atoms with Gasteiger partial charge in [-0.1, -0.05) is 37.6 Å². The summed E-state index contributed by atoms with van der Waals surface area (Å²) < 4.78 is 7.57. The van der Waals surface area contributed by atoms with E-state index in [1.165, 1.54) is 0 Å². The highest BCUT2D eigenvalue weighted by Gasteiger charge is 2.17. The minimum Gasteiger partial charge on any atom is -0.384 e. The first kappa shape index (κ1) is 24.6. The van der Waals surface area contributed by atoms with Crippen molar-refractivity contribution in [3.05, 3.63) is 59.2 Å². The number of hydrogen-bond acceptors (Lipinski definition) is 6. The van der Waals surface area contributed by atoms with Crippen LogP contribution < -0.4 is 11.5 Å². The van der Waals surface area contributed by atoms with Crippen molar-refractivity contribution < 1.29 is 9.53 Å². The van der Waals surface area contributed by atoms with Gasteiger partial charge in [-0.3, -0.25) is 9.78 Å². The molecule has 4 aromatic rings. The number of pyridine rings is 2. The molecule has 0 fully saturated rings. The number of nitrogen functional groups attached to an aromatic ring is 1. The van der Waals surface area contributed by atoms with Gasteiger partial charge in [0.25, 0.3) is 5.91 Å². The molecule has 0 aliphatic heterocycles. The number of rotatable bonds is 12. The first-order chi connectivity index (χ1) is 17.0. The summed E-state index contributed by atoms with van der Waals surface area (Å²) in [5.74, 6) is 0.906. The zero-order valence-electron chi connectivity index (χ0n) is 20.6. The van der Waals surface area contributed by atoms with E-state index in [-0.39, 0.29) is 0 Å². The highest BCUT2D eigenvalue weighted by atomic mass is 16.5. The molecule has 4 N–H and O–H groups in total. The zero-order chi connectivity index (χ0) is 24.8. The van der Waals surface area contributed by atoms with Gasteiger partial charge in [0, 0.05) is 31.7 Å². The first-order valence-corrected chi connectivity index (χ1v) is 12.3. The Balaban J connectivity index is 1.58. The number of carbonyl (C=O) groups excluding carboxylic acids is 1. The van der Waals surface area contributed by atoms with Crippen LogP contribution in [0.5, 0.6) is 0 Å². The number of aromatic nitrogens is 4. The number of aryl methyl sites for hydroxylation is 3. The number of nitrogens with zero attached hydrogens (tertiary/aromatic N) is 4.